The van der Waals surface area contributed by atoms with Crippen LogP contribution in [0.25, 0.3) is 5.76 Å². The van der Waals surface area contributed by atoms with E-state index in [9.17, 15) is 14.7 Å². The summed E-state index contributed by atoms with van der Waals surface area (Å²) < 4.78 is 11.6. The van der Waals surface area contributed by atoms with Crippen molar-refractivity contribution in [3.8, 4) is 11.5 Å². The predicted molar refractivity (Wildman–Crippen MR) is 114 cm³/mol. The Hall–Kier alpha value is -2.84. The van der Waals surface area contributed by atoms with Crippen LogP contribution in [0.15, 0.2) is 52.5 Å². The second-order valence-corrected chi connectivity index (χ2v) is 8.33. The number of likely N-dealkylation sites (tertiary alicyclic amines) is 1. The molecule has 7 nitrogen and oxygen atoms in total. The molecule has 0 spiro atoms. The van der Waals surface area contributed by atoms with Gasteiger partial charge in [-0.2, -0.15) is 0 Å². The van der Waals surface area contributed by atoms with E-state index in [1.807, 2.05) is 43.3 Å². The van der Waals surface area contributed by atoms with Gasteiger partial charge in [-0.1, -0.05) is 28.1 Å². The zero-order valence-electron chi connectivity index (χ0n) is 16.6. The Balaban J connectivity index is 1.82. The van der Waals surface area contributed by atoms with E-state index in [1.165, 1.54) is 4.90 Å². The Morgan fingerprint density at radius 1 is 1.13 bits per heavy atom. The number of aliphatic hydroxyl groups excluding tert-OH is 1. The smallest absolute Gasteiger partial charge is 0.295 e. The molecule has 1 fully saturated rings. The maximum atomic E-state index is 13.0. The molecular weight excluding hydrogens is 452 g/mol. The molecule has 1 saturated heterocycles. The minimum atomic E-state index is -0.697. The van der Waals surface area contributed by atoms with Crippen molar-refractivity contribution < 1.29 is 24.2 Å². The molecule has 2 aromatic rings. The third-order valence-electron chi connectivity index (χ3n) is 5.16. The normalized spacial score (nSPS) is 19.7. The number of aliphatic hydroxyl groups is 1. The van der Waals surface area contributed by atoms with Gasteiger partial charge in [-0.3, -0.25) is 9.59 Å². The van der Waals surface area contributed by atoms with Crippen LogP contribution < -0.4 is 9.47 Å². The third-order valence-corrected chi connectivity index (χ3v) is 5.69. The first-order chi connectivity index (χ1) is 14.4. The van der Waals surface area contributed by atoms with E-state index in [2.05, 4.69) is 15.9 Å². The minimum Gasteiger partial charge on any atom is -0.507 e. The van der Waals surface area contributed by atoms with Crippen LogP contribution in [0.2, 0.25) is 0 Å². The maximum absolute atomic E-state index is 13.0. The van der Waals surface area contributed by atoms with Crippen LogP contribution in [-0.2, 0) is 9.59 Å². The average molecular weight is 473 g/mol. The number of carbonyl (C=O) groups is 2. The third kappa shape index (κ3) is 3.68. The van der Waals surface area contributed by atoms with E-state index in [0.717, 1.165) is 10.0 Å². The first-order valence-electron chi connectivity index (χ1n) is 9.45. The number of Topliss-reactive ketones (excluding diaryl/α,β-unsaturated/α-hetero) is 1. The average Bonchev–Trinajstić information content (AvgIpc) is 3.29. The molecule has 1 N–H and O–H groups in total. The number of hydrogen-bond acceptors (Lipinski definition) is 6. The van der Waals surface area contributed by atoms with E-state index >= 15 is 0 Å². The highest BCUT2D eigenvalue weighted by Gasteiger charge is 2.45. The molecule has 8 heteroatoms. The van der Waals surface area contributed by atoms with E-state index in [0.29, 0.717) is 30.2 Å². The van der Waals surface area contributed by atoms with Gasteiger partial charge >= 0.3 is 0 Å². The van der Waals surface area contributed by atoms with Gasteiger partial charge in [0.1, 0.15) is 5.76 Å². The van der Waals surface area contributed by atoms with Crippen LogP contribution in [0.1, 0.15) is 17.2 Å². The molecule has 1 atom stereocenters. The molecule has 2 aromatic carbocycles. The SMILES string of the molecule is CN(C)CCN1C(=O)C(=O)C(=C(O)c2ccc3c(c2)OCO3)C1c1ccc(Br)cc1. The number of fused-ring (bicyclic) bond motifs is 1. The highest BCUT2D eigenvalue weighted by Crippen LogP contribution is 2.41. The topological polar surface area (TPSA) is 79.3 Å². The number of ketones is 1. The molecule has 0 radical (unpaired) electrons. The molecule has 2 heterocycles. The van der Waals surface area contributed by atoms with Crippen molar-refractivity contribution in [2.75, 3.05) is 34.0 Å². The van der Waals surface area contributed by atoms with Crippen molar-refractivity contribution in [1.29, 1.82) is 0 Å². The molecule has 156 valence electrons. The van der Waals surface area contributed by atoms with Crippen LogP contribution >= 0.6 is 15.9 Å². The van der Waals surface area contributed by atoms with Crippen LogP contribution in [0, 0.1) is 0 Å². The lowest BCUT2D eigenvalue weighted by molar-refractivity contribution is -0.140. The summed E-state index contributed by atoms with van der Waals surface area (Å²) in [5.41, 5.74) is 1.21. The number of ether oxygens (including phenoxy) is 2. The first-order valence-corrected chi connectivity index (χ1v) is 10.2. The number of nitrogens with zero attached hydrogens (tertiary/aromatic N) is 2. The van der Waals surface area contributed by atoms with Crippen molar-refractivity contribution >= 4 is 33.4 Å². The fraction of sp³-hybridized carbons (Fsp3) is 0.273. The molecular formula is C22H21BrN2O5. The molecule has 0 bridgehead atoms. The lowest BCUT2D eigenvalue weighted by Gasteiger charge is -2.26. The van der Waals surface area contributed by atoms with Gasteiger partial charge in [-0.15, -0.1) is 0 Å². The van der Waals surface area contributed by atoms with E-state index in [1.54, 1.807) is 18.2 Å². The van der Waals surface area contributed by atoms with Gasteiger partial charge in [-0.05, 0) is 50.0 Å². The molecule has 0 aliphatic carbocycles. The molecule has 1 amide bonds. The summed E-state index contributed by atoms with van der Waals surface area (Å²) in [5, 5.41) is 11.1. The first kappa shape index (κ1) is 20.4. The highest BCUT2D eigenvalue weighted by molar-refractivity contribution is 9.10. The predicted octanol–water partition coefficient (Wildman–Crippen LogP) is 3.16. The quantitative estimate of drug-likeness (QED) is 0.409. The van der Waals surface area contributed by atoms with E-state index in [4.69, 9.17) is 9.47 Å². The van der Waals surface area contributed by atoms with Gasteiger partial charge in [0.2, 0.25) is 6.79 Å². The Kier molecular flexibility index (Phi) is 5.53. The zero-order chi connectivity index (χ0) is 21.4. The van der Waals surface area contributed by atoms with Crippen molar-refractivity contribution in [2.24, 2.45) is 0 Å². The largest absolute Gasteiger partial charge is 0.507 e. The Morgan fingerprint density at radius 3 is 2.53 bits per heavy atom. The standard InChI is InChI=1S/C22H21BrN2O5/c1-24(2)9-10-25-19(13-3-6-15(23)7-4-13)18(21(27)22(25)28)20(26)14-5-8-16-17(11-14)30-12-29-16/h3-8,11,19,26H,9-10,12H2,1-2H3. The summed E-state index contributed by atoms with van der Waals surface area (Å²) in [6.07, 6.45) is 0. The van der Waals surface area contributed by atoms with Crippen molar-refractivity contribution in [3.05, 3.63) is 63.6 Å². The second-order valence-electron chi connectivity index (χ2n) is 7.42. The van der Waals surface area contributed by atoms with Gasteiger partial charge < -0.3 is 24.4 Å². The van der Waals surface area contributed by atoms with Crippen LogP contribution in [-0.4, -0.2) is 60.6 Å². The Labute approximate surface area is 182 Å². The van der Waals surface area contributed by atoms with Crippen molar-refractivity contribution in [3.63, 3.8) is 0 Å². The van der Waals surface area contributed by atoms with E-state index < -0.39 is 17.7 Å². The summed E-state index contributed by atoms with van der Waals surface area (Å²) in [6.45, 7) is 1.05. The maximum Gasteiger partial charge on any atom is 0.295 e. The lowest BCUT2D eigenvalue weighted by Crippen LogP contribution is -2.35. The molecule has 0 saturated carbocycles. The van der Waals surface area contributed by atoms with E-state index in [-0.39, 0.29) is 18.1 Å². The van der Waals surface area contributed by atoms with Crippen molar-refractivity contribution in [2.45, 2.75) is 6.04 Å². The fourth-order valence-corrected chi connectivity index (χ4v) is 3.87. The van der Waals surface area contributed by atoms with Crippen LogP contribution in [0.3, 0.4) is 0 Å². The molecule has 30 heavy (non-hydrogen) atoms. The molecule has 4 rings (SSSR count). The summed E-state index contributed by atoms with van der Waals surface area (Å²) in [4.78, 5) is 29.3. The van der Waals surface area contributed by atoms with Gasteiger partial charge in [0, 0.05) is 23.1 Å². The van der Waals surface area contributed by atoms with Crippen LogP contribution in [0.5, 0.6) is 11.5 Å². The summed E-state index contributed by atoms with van der Waals surface area (Å²) in [6, 6.07) is 11.6. The minimum absolute atomic E-state index is 0.0694. The van der Waals surface area contributed by atoms with Crippen LogP contribution in [0.4, 0.5) is 0 Å². The molecule has 1 unspecified atom stereocenters. The lowest BCUT2D eigenvalue weighted by atomic mass is 9.95. The van der Waals surface area contributed by atoms with Gasteiger partial charge in [0.05, 0.1) is 11.6 Å². The zero-order valence-corrected chi connectivity index (χ0v) is 18.2. The summed E-state index contributed by atoms with van der Waals surface area (Å²) in [7, 11) is 3.80. The Bertz CT molecular complexity index is 1030. The van der Waals surface area contributed by atoms with Crippen molar-refractivity contribution in [1.82, 2.24) is 9.80 Å². The van der Waals surface area contributed by atoms with Gasteiger partial charge in [-0.25, -0.2) is 0 Å². The number of rotatable bonds is 5. The van der Waals surface area contributed by atoms with Gasteiger partial charge in [0.25, 0.3) is 11.7 Å². The molecule has 2 aliphatic heterocycles. The molecule has 2 aliphatic rings. The number of carbonyl (C=O) groups excluding carboxylic acids is 2. The van der Waals surface area contributed by atoms with Gasteiger partial charge in [0.15, 0.2) is 11.5 Å². The second kappa shape index (κ2) is 8.12. The monoisotopic (exact) mass is 472 g/mol. The number of benzene rings is 2. The number of hydrogen-bond donors (Lipinski definition) is 1. The fourth-order valence-electron chi connectivity index (χ4n) is 3.61. The number of halogens is 1. The highest BCUT2D eigenvalue weighted by atomic mass is 79.9. The summed E-state index contributed by atoms with van der Waals surface area (Å²) in [5.74, 6) is -0.487. The number of amides is 1. The summed E-state index contributed by atoms with van der Waals surface area (Å²) >= 11 is 3.41. The number of likely N-dealkylation sites (N-methyl/N-ethyl adjacent to an activating group) is 1. The molecule has 0 aromatic heterocycles. The Morgan fingerprint density at radius 2 is 1.83 bits per heavy atom.